The van der Waals surface area contributed by atoms with Crippen LogP contribution in [0.25, 0.3) is 11.0 Å². The van der Waals surface area contributed by atoms with Crippen molar-refractivity contribution in [2.75, 3.05) is 26.2 Å². The van der Waals surface area contributed by atoms with E-state index in [4.69, 9.17) is 4.42 Å². The highest BCUT2D eigenvalue weighted by molar-refractivity contribution is 9.10. The molecule has 0 radical (unpaired) electrons. The quantitative estimate of drug-likeness (QED) is 0.602. The second-order valence-corrected chi connectivity index (χ2v) is 8.75. The maximum atomic E-state index is 13.5. The molecule has 1 amide bonds. The lowest BCUT2D eigenvalue weighted by Gasteiger charge is -2.26. The third-order valence-electron chi connectivity index (χ3n) is 6.03. The Morgan fingerprint density at radius 2 is 1.77 bits per heavy atom. The summed E-state index contributed by atoms with van der Waals surface area (Å²) in [6.07, 6.45) is 0. The second kappa shape index (κ2) is 8.36. The summed E-state index contributed by atoms with van der Waals surface area (Å²) in [5, 5.41) is 0.490. The van der Waals surface area contributed by atoms with Crippen LogP contribution >= 0.6 is 15.9 Å². The summed E-state index contributed by atoms with van der Waals surface area (Å²) in [5.41, 5.74) is 2.82. The lowest BCUT2D eigenvalue weighted by Crippen LogP contribution is -3.12. The summed E-state index contributed by atoms with van der Waals surface area (Å²) >= 11 is 3.43. The van der Waals surface area contributed by atoms with Gasteiger partial charge in [0.05, 0.1) is 43.2 Å². The number of fused-ring (bicyclic) bond motifs is 2. The number of aryl methyl sites for hydroxylation is 1. The third-order valence-corrected chi connectivity index (χ3v) is 6.52. The van der Waals surface area contributed by atoms with Crippen LogP contribution in [-0.4, -0.2) is 37.0 Å². The van der Waals surface area contributed by atoms with Gasteiger partial charge in [0, 0.05) is 4.47 Å². The number of carbonyl (C=O) groups is 1. The molecule has 1 atom stereocenters. The fourth-order valence-electron chi connectivity index (χ4n) is 4.20. The lowest BCUT2D eigenvalue weighted by molar-refractivity contribution is -0.895. The Balaban J connectivity index is 1.87. The van der Waals surface area contributed by atoms with E-state index in [1.807, 2.05) is 37.3 Å². The summed E-state index contributed by atoms with van der Waals surface area (Å²) in [6.45, 7) is 9.70. The van der Waals surface area contributed by atoms with Gasteiger partial charge in [-0.1, -0.05) is 45.8 Å². The molecule has 4 rings (SSSR count). The molecule has 6 heteroatoms. The highest BCUT2D eigenvalue weighted by Crippen LogP contribution is 2.38. The van der Waals surface area contributed by atoms with E-state index in [1.165, 1.54) is 4.90 Å². The zero-order valence-electron chi connectivity index (χ0n) is 17.5. The molecule has 0 saturated heterocycles. The number of hydrogen-bond donors (Lipinski definition) is 1. The molecule has 1 aliphatic heterocycles. The van der Waals surface area contributed by atoms with Crippen LogP contribution in [0, 0.1) is 6.92 Å². The zero-order valence-corrected chi connectivity index (χ0v) is 19.1. The summed E-state index contributed by atoms with van der Waals surface area (Å²) in [6, 6.07) is 12.9. The number of likely N-dealkylation sites (N-methyl/N-ethyl adjacent to an activating group) is 1. The smallest absolute Gasteiger partial charge is 0.291 e. The first-order chi connectivity index (χ1) is 14.4. The molecule has 5 nitrogen and oxygen atoms in total. The predicted molar refractivity (Wildman–Crippen MR) is 121 cm³/mol. The van der Waals surface area contributed by atoms with Crippen molar-refractivity contribution in [2.45, 2.75) is 26.8 Å². The summed E-state index contributed by atoms with van der Waals surface area (Å²) in [5.74, 6) is -0.0287. The fraction of sp³-hybridized carbons (Fsp3) is 0.333. The molecule has 0 aliphatic carbocycles. The Hall–Kier alpha value is -2.44. The van der Waals surface area contributed by atoms with Crippen molar-refractivity contribution in [3.63, 3.8) is 0 Å². The van der Waals surface area contributed by atoms with Crippen molar-refractivity contribution >= 4 is 32.8 Å². The average Bonchev–Trinajstić information content (AvgIpc) is 3.02. The first-order valence-corrected chi connectivity index (χ1v) is 11.2. The monoisotopic (exact) mass is 469 g/mol. The molecule has 156 valence electrons. The van der Waals surface area contributed by atoms with Crippen LogP contribution in [0.2, 0.25) is 0 Å². The highest BCUT2D eigenvalue weighted by Gasteiger charge is 2.42. The van der Waals surface area contributed by atoms with E-state index >= 15 is 0 Å². The van der Waals surface area contributed by atoms with Crippen LogP contribution in [0.3, 0.4) is 0 Å². The molecule has 1 aliphatic rings. The van der Waals surface area contributed by atoms with E-state index in [2.05, 4.69) is 29.8 Å². The van der Waals surface area contributed by atoms with Gasteiger partial charge in [-0.15, -0.1) is 0 Å². The van der Waals surface area contributed by atoms with E-state index in [1.54, 1.807) is 17.0 Å². The lowest BCUT2D eigenvalue weighted by atomic mass is 9.98. The van der Waals surface area contributed by atoms with E-state index in [0.717, 1.165) is 35.2 Å². The van der Waals surface area contributed by atoms with Crippen molar-refractivity contribution in [3.8, 4) is 0 Å². The SMILES string of the molecule is CC[NH+](CC)CCN1C(=O)c2oc3ccc(Br)cc3c(=O)c2[C@H]1c1ccc(C)cc1. The number of hydrogen-bond acceptors (Lipinski definition) is 3. The van der Waals surface area contributed by atoms with Crippen molar-refractivity contribution in [2.24, 2.45) is 0 Å². The maximum absolute atomic E-state index is 13.5. The van der Waals surface area contributed by atoms with Gasteiger partial charge >= 0.3 is 0 Å². The Bertz CT molecular complexity index is 1150. The largest absolute Gasteiger partial charge is 0.450 e. The number of rotatable bonds is 6. The summed E-state index contributed by atoms with van der Waals surface area (Å²) < 4.78 is 6.80. The van der Waals surface area contributed by atoms with Crippen molar-refractivity contribution in [1.29, 1.82) is 0 Å². The Kier molecular flexibility index (Phi) is 5.80. The molecule has 30 heavy (non-hydrogen) atoms. The van der Waals surface area contributed by atoms with Crippen LogP contribution in [0.1, 0.15) is 47.1 Å². The van der Waals surface area contributed by atoms with Gasteiger partial charge in [0.15, 0.2) is 5.43 Å². The average molecular weight is 470 g/mol. The van der Waals surface area contributed by atoms with Gasteiger partial charge in [0.25, 0.3) is 5.91 Å². The van der Waals surface area contributed by atoms with E-state index in [-0.39, 0.29) is 17.1 Å². The molecule has 1 N–H and O–H groups in total. The molecule has 0 bridgehead atoms. The van der Waals surface area contributed by atoms with Crippen molar-refractivity contribution in [1.82, 2.24) is 4.90 Å². The topological polar surface area (TPSA) is 55.0 Å². The summed E-state index contributed by atoms with van der Waals surface area (Å²) in [7, 11) is 0. The van der Waals surface area contributed by atoms with Crippen LogP contribution in [-0.2, 0) is 0 Å². The Labute approximate surface area is 184 Å². The third kappa shape index (κ3) is 3.59. The molecule has 2 aromatic carbocycles. The molecule has 0 saturated carbocycles. The van der Waals surface area contributed by atoms with Gasteiger partial charge in [-0.2, -0.15) is 0 Å². The number of benzene rings is 2. The molecular weight excluding hydrogens is 444 g/mol. The van der Waals surface area contributed by atoms with Crippen LogP contribution < -0.4 is 10.3 Å². The minimum atomic E-state index is -0.428. The predicted octanol–water partition coefficient (Wildman–Crippen LogP) is 3.33. The standard InChI is InChI=1S/C24H25BrN2O3/c1-4-26(5-2)12-13-27-21(16-8-6-15(3)7-9-16)20-22(28)18-14-17(25)10-11-19(18)30-23(20)24(27)29/h6-11,14,21H,4-5,12-13H2,1-3H3/p+1/t21-/m1/s1. The Morgan fingerprint density at radius 1 is 1.07 bits per heavy atom. The number of amides is 1. The van der Waals surface area contributed by atoms with Gasteiger partial charge in [0.2, 0.25) is 5.76 Å². The number of nitrogens with one attached hydrogen (secondary N) is 1. The van der Waals surface area contributed by atoms with E-state index < -0.39 is 6.04 Å². The zero-order chi connectivity index (χ0) is 21.4. The van der Waals surface area contributed by atoms with Gasteiger partial charge in [-0.05, 0) is 44.5 Å². The maximum Gasteiger partial charge on any atom is 0.291 e. The van der Waals surface area contributed by atoms with Crippen molar-refractivity contribution in [3.05, 3.63) is 79.6 Å². The Morgan fingerprint density at radius 3 is 2.43 bits per heavy atom. The minimum Gasteiger partial charge on any atom is -0.450 e. The fourth-order valence-corrected chi connectivity index (χ4v) is 4.56. The second-order valence-electron chi connectivity index (χ2n) is 7.83. The van der Waals surface area contributed by atoms with E-state index in [9.17, 15) is 9.59 Å². The number of nitrogens with zero attached hydrogens (tertiary/aromatic N) is 1. The number of quaternary nitrogens is 1. The molecule has 1 aromatic heterocycles. The first-order valence-electron chi connectivity index (χ1n) is 10.4. The molecule has 0 fully saturated rings. The van der Waals surface area contributed by atoms with Crippen LogP contribution in [0.4, 0.5) is 0 Å². The van der Waals surface area contributed by atoms with Gasteiger partial charge in [0.1, 0.15) is 5.58 Å². The van der Waals surface area contributed by atoms with Gasteiger partial charge in [-0.25, -0.2) is 0 Å². The van der Waals surface area contributed by atoms with Gasteiger partial charge < -0.3 is 14.2 Å². The normalized spacial score (nSPS) is 16.0. The molecule has 2 heterocycles. The van der Waals surface area contributed by atoms with Gasteiger partial charge in [-0.3, -0.25) is 9.59 Å². The molecule has 3 aromatic rings. The highest BCUT2D eigenvalue weighted by atomic mass is 79.9. The molecular formula is C24H26BrN2O3+. The first kappa shape index (κ1) is 20.8. The minimum absolute atomic E-state index is 0.135. The van der Waals surface area contributed by atoms with Crippen molar-refractivity contribution < 1.29 is 14.1 Å². The van der Waals surface area contributed by atoms with Crippen LogP contribution in [0.5, 0.6) is 0 Å². The molecule has 0 spiro atoms. The molecule has 0 unspecified atom stereocenters. The number of halogens is 1. The summed E-state index contributed by atoms with van der Waals surface area (Å²) in [4.78, 5) is 30.1. The number of carbonyl (C=O) groups excluding carboxylic acids is 1. The van der Waals surface area contributed by atoms with Crippen LogP contribution in [0.15, 0.2) is 56.1 Å². The van der Waals surface area contributed by atoms with E-state index in [0.29, 0.717) is 23.1 Å².